The highest BCUT2D eigenvalue weighted by molar-refractivity contribution is 5.83. The van der Waals surface area contributed by atoms with Crippen LogP contribution in [0.1, 0.15) is 33.6 Å². The molecule has 2 atom stereocenters. The number of carbonyl (C=O) groups excluding carboxylic acids is 1. The van der Waals surface area contributed by atoms with E-state index in [9.17, 15) is 4.79 Å². The molecule has 1 unspecified atom stereocenters. The molecule has 0 amide bonds. The number of Topliss-reactive ketones (excluding diaryl/α,β-unsaturated/α-hetero) is 1. The van der Waals surface area contributed by atoms with Crippen LogP contribution in [0.3, 0.4) is 0 Å². The first-order valence-electron chi connectivity index (χ1n) is 3.91. The van der Waals surface area contributed by atoms with E-state index in [1.54, 1.807) is 0 Å². The van der Waals surface area contributed by atoms with E-state index in [1.165, 1.54) is 0 Å². The largest absolute Gasteiger partial charge is 0.321 e. The van der Waals surface area contributed by atoms with Crippen LogP contribution in [0.2, 0.25) is 0 Å². The summed E-state index contributed by atoms with van der Waals surface area (Å²) in [5, 5.41) is 0. The van der Waals surface area contributed by atoms with E-state index in [-0.39, 0.29) is 11.8 Å². The van der Waals surface area contributed by atoms with Crippen LogP contribution in [0.25, 0.3) is 0 Å². The molecule has 60 valence electrons. The van der Waals surface area contributed by atoms with Gasteiger partial charge in [0.15, 0.2) is 0 Å². The minimum Gasteiger partial charge on any atom is -0.321 e. The molecule has 0 aromatic rings. The van der Waals surface area contributed by atoms with Crippen molar-refractivity contribution in [3.63, 3.8) is 0 Å². The van der Waals surface area contributed by atoms with Gasteiger partial charge in [0.05, 0.1) is 6.04 Å². The molecule has 0 rings (SSSR count). The van der Waals surface area contributed by atoms with Crippen LogP contribution in [-0.4, -0.2) is 11.8 Å². The number of nitrogens with two attached hydrogens (primary N) is 1. The molecule has 0 aliphatic carbocycles. The van der Waals surface area contributed by atoms with Crippen molar-refractivity contribution < 1.29 is 4.79 Å². The van der Waals surface area contributed by atoms with Gasteiger partial charge in [0.2, 0.25) is 0 Å². The first-order valence-corrected chi connectivity index (χ1v) is 3.91. The standard InChI is InChI=1S/C8H17NO/c1-4-6(3)8(9)7(10)5-2/h6,8H,4-5,9H2,1-3H3/t6-,8?/m0/s1. The van der Waals surface area contributed by atoms with E-state index in [2.05, 4.69) is 0 Å². The Balaban J connectivity index is 3.81. The molecule has 0 radical (unpaired) electrons. The molecule has 0 spiro atoms. The zero-order valence-electron chi connectivity index (χ0n) is 7.05. The Kier molecular flexibility index (Phi) is 4.28. The molecule has 0 aliphatic rings. The van der Waals surface area contributed by atoms with Crippen molar-refractivity contribution in [3.8, 4) is 0 Å². The number of rotatable bonds is 4. The molecule has 2 nitrogen and oxygen atoms in total. The lowest BCUT2D eigenvalue weighted by atomic mass is 9.95. The SMILES string of the molecule is CCC(=O)C(N)[C@@H](C)CC. The first-order chi connectivity index (χ1) is 4.63. The fourth-order valence-corrected chi connectivity index (χ4v) is 0.807. The van der Waals surface area contributed by atoms with Crippen LogP contribution in [0, 0.1) is 5.92 Å². The maximum Gasteiger partial charge on any atom is 0.149 e. The van der Waals surface area contributed by atoms with E-state index in [1.807, 2.05) is 20.8 Å². The Hall–Kier alpha value is -0.370. The average molecular weight is 143 g/mol. The fourth-order valence-electron chi connectivity index (χ4n) is 0.807. The van der Waals surface area contributed by atoms with Crippen molar-refractivity contribution >= 4 is 5.78 Å². The molecule has 2 N–H and O–H groups in total. The lowest BCUT2D eigenvalue weighted by Crippen LogP contribution is -2.35. The molecule has 0 aromatic carbocycles. The summed E-state index contributed by atoms with van der Waals surface area (Å²) in [6.45, 7) is 5.91. The highest BCUT2D eigenvalue weighted by Crippen LogP contribution is 2.06. The van der Waals surface area contributed by atoms with E-state index in [4.69, 9.17) is 5.73 Å². The molecule has 0 saturated heterocycles. The lowest BCUT2D eigenvalue weighted by molar-refractivity contribution is -0.121. The van der Waals surface area contributed by atoms with Crippen molar-refractivity contribution in [2.45, 2.75) is 39.7 Å². The van der Waals surface area contributed by atoms with Gasteiger partial charge in [-0.25, -0.2) is 0 Å². The van der Waals surface area contributed by atoms with Gasteiger partial charge < -0.3 is 5.73 Å². The van der Waals surface area contributed by atoms with Crippen LogP contribution in [-0.2, 0) is 4.79 Å². The van der Waals surface area contributed by atoms with Crippen LogP contribution < -0.4 is 5.73 Å². The second-order valence-corrected chi connectivity index (χ2v) is 2.73. The van der Waals surface area contributed by atoms with E-state index in [0.717, 1.165) is 6.42 Å². The maximum atomic E-state index is 11.0. The van der Waals surface area contributed by atoms with Gasteiger partial charge >= 0.3 is 0 Å². The van der Waals surface area contributed by atoms with E-state index >= 15 is 0 Å². The Labute approximate surface area is 62.8 Å². The third-order valence-corrected chi connectivity index (χ3v) is 1.98. The minimum atomic E-state index is -0.241. The summed E-state index contributed by atoms with van der Waals surface area (Å²) in [6, 6.07) is -0.241. The highest BCUT2D eigenvalue weighted by atomic mass is 16.1. The number of carbonyl (C=O) groups is 1. The normalized spacial score (nSPS) is 16.4. The van der Waals surface area contributed by atoms with Crippen LogP contribution in [0.5, 0.6) is 0 Å². The summed E-state index contributed by atoms with van der Waals surface area (Å²) in [6.07, 6.45) is 1.54. The Morgan fingerprint density at radius 2 is 2.00 bits per heavy atom. The predicted molar refractivity (Wildman–Crippen MR) is 42.7 cm³/mol. The molecule has 0 aliphatic heterocycles. The quantitative estimate of drug-likeness (QED) is 0.645. The molecule has 2 heteroatoms. The van der Waals surface area contributed by atoms with Crippen LogP contribution in [0.4, 0.5) is 0 Å². The van der Waals surface area contributed by atoms with E-state index in [0.29, 0.717) is 12.3 Å². The molecule has 0 bridgehead atoms. The van der Waals surface area contributed by atoms with Gasteiger partial charge in [-0.15, -0.1) is 0 Å². The van der Waals surface area contributed by atoms with Crippen LogP contribution >= 0.6 is 0 Å². The molecule has 0 heterocycles. The Bertz CT molecular complexity index is 112. The molecule has 0 saturated carbocycles. The zero-order valence-corrected chi connectivity index (χ0v) is 7.05. The average Bonchev–Trinajstić information content (AvgIpc) is 2.00. The number of hydrogen-bond donors (Lipinski definition) is 1. The summed E-state index contributed by atoms with van der Waals surface area (Å²) in [5.41, 5.74) is 5.63. The topological polar surface area (TPSA) is 43.1 Å². The number of ketones is 1. The molecular formula is C8H17NO. The summed E-state index contributed by atoms with van der Waals surface area (Å²) in [4.78, 5) is 11.0. The lowest BCUT2D eigenvalue weighted by Gasteiger charge is -2.15. The Morgan fingerprint density at radius 1 is 1.50 bits per heavy atom. The zero-order chi connectivity index (χ0) is 8.15. The number of hydrogen-bond acceptors (Lipinski definition) is 2. The summed E-state index contributed by atoms with van der Waals surface area (Å²) < 4.78 is 0. The van der Waals surface area contributed by atoms with Gasteiger partial charge in [-0.05, 0) is 5.92 Å². The summed E-state index contributed by atoms with van der Waals surface area (Å²) >= 11 is 0. The predicted octanol–water partition coefficient (Wildman–Crippen LogP) is 1.34. The molecule has 10 heavy (non-hydrogen) atoms. The minimum absolute atomic E-state index is 0.175. The monoisotopic (exact) mass is 143 g/mol. The highest BCUT2D eigenvalue weighted by Gasteiger charge is 2.16. The third kappa shape index (κ3) is 2.48. The fraction of sp³-hybridized carbons (Fsp3) is 0.875. The van der Waals surface area contributed by atoms with Gasteiger partial charge in [-0.1, -0.05) is 27.2 Å². The molecular weight excluding hydrogens is 126 g/mol. The smallest absolute Gasteiger partial charge is 0.149 e. The van der Waals surface area contributed by atoms with Crippen molar-refractivity contribution in [1.29, 1.82) is 0 Å². The van der Waals surface area contributed by atoms with Gasteiger partial charge in [-0.3, -0.25) is 4.79 Å². The van der Waals surface area contributed by atoms with Crippen molar-refractivity contribution in [1.82, 2.24) is 0 Å². The molecule has 0 fully saturated rings. The van der Waals surface area contributed by atoms with Crippen molar-refractivity contribution in [3.05, 3.63) is 0 Å². The van der Waals surface area contributed by atoms with Crippen LogP contribution in [0.15, 0.2) is 0 Å². The van der Waals surface area contributed by atoms with Gasteiger partial charge in [0.1, 0.15) is 5.78 Å². The Morgan fingerprint density at radius 3 is 2.30 bits per heavy atom. The second-order valence-electron chi connectivity index (χ2n) is 2.73. The van der Waals surface area contributed by atoms with Crippen molar-refractivity contribution in [2.24, 2.45) is 11.7 Å². The van der Waals surface area contributed by atoms with E-state index < -0.39 is 0 Å². The summed E-state index contributed by atoms with van der Waals surface area (Å²) in [7, 11) is 0. The van der Waals surface area contributed by atoms with Gasteiger partial charge in [0.25, 0.3) is 0 Å². The van der Waals surface area contributed by atoms with Gasteiger partial charge in [-0.2, -0.15) is 0 Å². The molecule has 0 aromatic heterocycles. The second kappa shape index (κ2) is 4.45. The maximum absolute atomic E-state index is 11.0. The summed E-state index contributed by atoms with van der Waals surface area (Å²) in [5.74, 6) is 0.502. The van der Waals surface area contributed by atoms with Crippen molar-refractivity contribution in [2.75, 3.05) is 0 Å². The third-order valence-electron chi connectivity index (χ3n) is 1.98. The first kappa shape index (κ1) is 9.63. The van der Waals surface area contributed by atoms with Gasteiger partial charge in [0, 0.05) is 6.42 Å².